The molecule has 1 aromatic heterocycles. The van der Waals surface area contributed by atoms with Crippen molar-refractivity contribution in [3.05, 3.63) is 92.4 Å². The molecule has 1 aliphatic rings. The molecule has 28 heavy (non-hydrogen) atoms. The average Bonchev–Trinajstić information content (AvgIpc) is 3.25. The number of para-hydroxylation sites is 1. The number of benzene rings is 3. The molecule has 5 rings (SSSR count). The molecular formula is C23H16N2O2S. The average molecular weight is 384 g/mol. The van der Waals surface area contributed by atoms with E-state index in [9.17, 15) is 9.90 Å². The molecule has 0 fully saturated rings. The number of hydrogen-bond acceptors (Lipinski definition) is 4. The third-order valence-electron chi connectivity index (χ3n) is 4.95. The van der Waals surface area contributed by atoms with Crippen molar-refractivity contribution in [3.8, 4) is 5.88 Å². The van der Waals surface area contributed by atoms with E-state index in [1.807, 2.05) is 72.8 Å². The van der Waals surface area contributed by atoms with Crippen LogP contribution in [0.2, 0.25) is 0 Å². The van der Waals surface area contributed by atoms with E-state index >= 15 is 0 Å². The molecule has 0 amide bonds. The third kappa shape index (κ3) is 2.77. The smallest absolute Gasteiger partial charge is 0.310 e. The first-order valence-electron chi connectivity index (χ1n) is 8.95. The number of aromatic nitrogens is 1. The quantitative estimate of drug-likeness (QED) is 0.536. The van der Waals surface area contributed by atoms with Crippen LogP contribution in [0.1, 0.15) is 16.0 Å². The fourth-order valence-electron chi connectivity index (χ4n) is 3.54. The fourth-order valence-corrected chi connectivity index (χ4v) is 4.38. The second-order valence-electron chi connectivity index (χ2n) is 6.66. The Bertz CT molecular complexity index is 1320. The van der Waals surface area contributed by atoms with Gasteiger partial charge in [0, 0.05) is 17.4 Å². The van der Waals surface area contributed by atoms with E-state index in [0.29, 0.717) is 11.4 Å². The summed E-state index contributed by atoms with van der Waals surface area (Å²) in [4.78, 5) is 17.3. The first-order valence-corrected chi connectivity index (χ1v) is 9.77. The Morgan fingerprint density at radius 3 is 2.71 bits per heavy atom. The molecule has 0 saturated carbocycles. The number of rotatable bonds is 3. The number of aliphatic imine (C=N–C) groups is 1. The molecule has 4 nitrogen and oxygen atoms in total. The standard InChI is InChI=1S/C23H16N2O2S/c26-22-21(12-17-13-24-20-11-4-3-10-19(17)20)28-23(27)25(22)14-16-8-5-7-15-6-1-2-9-18(15)16/h1-13,26H,14H2/b17-12+. The topological polar surface area (TPSA) is 54.6 Å². The fraction of sp³-hybridized carbons (Fsp3) is 0.0435. The van der Waals surface area contributed by atoms with Gasteiger partial charge in [-0.15, -0.1) is 0 Å². The van der Waals surface area contributed by atoms with Gasteiger partial charge in [0.15, 0.2) is 0 Å². The van der Waals surface area contributed by atoms with Crippen LogP contribution in [0.15, 0.2) is 76.5 Å². The summed E-state index contributed by atoms with van der Waals surface area (Å²) in [6.45, 7) is 0.330. The highest BCUT2D eigenvalue weighted by Gasteiger charge is 2.17. The first kappa shape index (κ1) is 16.7. The minimum Gasteiger partial charge on any atom is -0.493 e. The second kappa shape index (κ2) is 6.62. The Kier molecular flexibility index (Phi) is 3.95. The predicted octanol–water partition coefficient (Wildman–Crippen LogP) is 5.07. The number of nitrogens with zero attached hydrogens (tertiary/aromatic N) is 2. The molecule has 1 aliphatic heterocycles. The van der Waals surface area contributed by atoms with Crippen molar-refractivity contribution in [1.29, 1.82) is 0 Å². The van der Waals surface area contributed by atoms with Gasteiger partial charge < -0.3 is 5.11 Å². The molecule has 136 valence electrons. The van der Waals surface area contributed by atoms with E-state index in [-0.39, 0.29) is 10.8 Å². The molecule has 2 heterocycles. The summed E-state index contributed by atoms with van der Waals surface area (Å²) in [5, 5.41) is 12.9. The van der Waals surface area contributed by atoms with Gasteiger partial charge in [-0.2, -0.15) is 0 Å². The maximum atomic E-state index is 12.6. The van der Waals surface area contributed by atoms with Crippen molar-refractivity contribution in [3.63, 3.8) is 0 Å². The normalized spacial score (nSPS) is 14.1. The zero-order valence-corrected chi connectivity index (χ0v) is 15.7. The Hall–Kier alpha value is -3.44. The Morgan fingerprint density at radius 1 is 1.00 bits per heavy atom. The second-order valence-corrected chi connectivity index (χ2v) is 7.65. The summed E-state index contributed by atoms with van der Waals surface area (Å²) in [5.74, 6) is -0.00628. The lowest BCUT2D eigenvalue weighted by atomic mass is 10.0. The zero-order chi connectivity index (χ0) is 19.1. The van der Waals surface area contributed by atoms with Crippen LogP contribution in [0.5, 0.6) is 5.88 Å². The Balaban J connectivity index is 1.55. The number of hydrogen-bond donors (Lipinski definition) is 1. The molecule has 0 unspecified atom stereocenters. The van der Waals surface area contributed by atoms with Crippen LogP contribution in [0.25, 0.3) is 22.4 Å². The van der Waals surface area contributed by atoms with Crippen molar-refractivity contribution in [2.45, 2.75) is 6.54 Å². The maximum absolute atomic E-state index is 12.6. The van der Waals surface area contributed by atoms with E-state index < -0.39 is 0 Å². The number of fused-ring (bicyclic) bond motifs is 2. The van der Waals surface area contributed by atoms with Gasteiger partial charge >= 0.3 is 4.87 Å². The van der Waals surface area contributed by atoms with Gasteiger partial charge in [-0.1, -0.05) is 72.0 Å². The highest BCUT2D eigenvalue weighted by Crippen LogP contribution is 2.34. The minimum absolute atomic E-state index is 0.00628. The predicted molar refractivity (Wildman–Crippen MR) is 116 cm³/mol. The summed E-state index contributed by atoms with van der Waals surface area (Å²) in [6, 6.07) is 21.9. The summed E-state index contributed by atoms with van der Waals surface area (Å²) in [7, 11) is 0. The van der Waals surface area contributed by atoms with Gasteiger partial charge in [0.25, 0.3) is 0 Å². The van der Waals surface area contributed by atoms with Crippen LogP contribution in [0.3, 0.4) is 0 Å². The minimum atomic E-state index is -0.180. The van der Waals surface area contributed by atoms with Crippen LogP contribution >= 0.6 is 11.3 Å². The third-order valence-corrected chi connectivity index (χ3v) is 5.86. The van der Waals surface area contributed by atoms with Crippen LogP contribution in [-0.2, 0) is 6.54 Å². The summed E-state index contributed by atoms with van der Waals surface area (Å²) < 4.78 is 1.43. The van der Waals surface area contributed by atoms with E-state index in [4.69, 9.17) is 0 Å². The van der Waals surface area contributed by atoms with Gasteiger partial charge in [-0.05, 0) is 28.5 Å². The lowest BCUT2D eigenvalue weighted by molar-refractivity contribution is 0.421. The van der Waals surface area contributed by atoms with Crippen molar-refractivity contribution in [2.75, 3.05) is 0 Å². The number of aromatic hydroxyl groups is 1. The zero-order valence-electron chi connectivity index (χ0n) is 14.9. The molecule has 3 aromatic carbocycles. The molecular weight excluding hydrogens is 368 g/mol. The SMILES string of the molecule is O=c1sc(/C=C2\C=Nc3ccccc32)c(O)n1Cc1cccc2ccccc12. The molecule has 4 aromatic rings. The largest absolute Gasteiger partial charge is 0.493 e. The van der Waals surface area contributed by atoms with Crippen molar-refractivity contribution in [2.24, 2.45) is 4.99 Å². The Morgan fingerprint density at radius 2 is 1.79 bits per heavy atom. The van der Waals surface area contributed by atoms with Crippen molar-refractivity contribution < 1.29 is 5.11 Å². The molecule has 1 N–H and O–H groups in total. The van der Waals surface area contributed by atoms with E-state index in [1.165, 1.54) is 4.57 Å². The first-order chi connectivity index (χ1) is 13.7. The lowest BCUT2D eigenvalue weighted by Gasteiger charge is -2.08. The van der Waals surface area contributed by atoms with Crippen LogP contribution in [0, 0.1) is 0 Å². The lowest BCUT2D eigenvalue weighted by Crippen LogP contribution is -2.13. The van der Waals surface area contributed by atoms with E-state index in [0.717, 1.165) is 44.5 Å². The molecule has 0 spiro atoms. The van der Waals surface area contributed by atoms with Gasteiger partial charge in [0.2, 0.25) is 5.88 Å². The van der Waals surface area contributed by atoms with Crippen molar-refractivity contribution >= 4 is 45.7 Å². The number of thiazole rings is 1. The molecule has 0 radical (unpaired) electrons. The van der Waals surface area contributed by atoms with Crippen LogP contribution in [0.4, 0.5) is 5.69 Å². The molecule has 0 saturated heterocycles. The maximum Gasteiger partial charge on any atom is 0.310 e. The summed E-state index contributed by atoms with van der Waals surface area (Å²) >= 11 is 1.05. The number of allylic oxidation sites excluding steroid dienone is 1. The molecule has 0 bridgehead atoms. The van der Waals surface area contributed by atoms with Crippen LogP contribution in [-0.4, -0.2) is 15.9 Å². The molecule has 0 aliphatic carbocycles. The molecule has 0 atom stereocenters. The summed E-state index contributed by atoms with van der Waals surface area (Å²) in [5.41, 5.74) is 3.80. The van der Waals surface area contributed by atoms with E-state index in [2.05, 4.69) is 4.99 Å². The van der Waals surface area contributed by atoms with Gasteiger partial charge in [0.1, 0.15) is 0 Å². The van der Waals surface area contributed by atoms with Crippen molar-refractivity contribution in [1.82, 2.24) is 4.57 Å². The Labute approximate surface area is 165 Å². The highest BCUT2D eigenvalue weighted by molar-refractivity contribution is 7.10. The molecule has 5 heteroatoms. The van der Waals surface area contributed by atoms with E-state index in [1.54, 1.807) is 6.21 Å². The van der Waals surface area contributed by atoms with Gasteiger partial charge in [-0.25, -0.2) is 0 Å². The van der Waals surface area contributed by atoms with Gasteiger partial charge in [0.05, 0.1) is 17.1 Å². The monoisotopic (exact) mass is 384 g/mol. The van der Waals surface area contributed by atoms with Crippen LogP contribution < -0.4 is 4.87 Å². The summed E-state index contributed by atoms with van der Waals surface area (Å²) in [6.07, 6.45) is 3.60. The highest BCUT2D eigenvalue weighted by atomic mass is 32.1. The van der Waals surface area contributed by atoms with Gasteiger partial charge in [-0.3, -0.25) is 14.4 Å².